The number of hydrogen-bond donors (Lipinski definition) is 1. The Bertz CT molecular complexity index is 1370. The summed E-state index contributed by atoms with van der Waals surface area (Å²) in [5.74, 6) is 0.724. The van der Waals surface area contributed by atoms with Crippen LogP contribution in [0.15, 0.2) is 59.6 Å². The third-order valence-corrected chi connectivity index (χ3v) is 8.47. The average molecular weight is 481 g/mol. The van der Waals surface area contributed by atoms with Crippen LogP contribution in [0.1, 0.15) is 43.0 Å². The lowest BCUT2D eigenvalue weighted by molar-refractivity contribution is -0.00166. The second-order valence-corrected chi connectivity index (χ2v) is 11.1. The molecule has 1 saturated carbocycles. The van der Waals surface area contributed by atoms with Gasteiger partial charge in [-0.3, -0.25) is 9.48 Å². The van der Waals surface area contributed by atoms with Gasteiger partial charge in [0.05, 0.1) is 4.90 Å². The molecule has 3 aliphatic rings. The second-order valence-electron chi connectivity index (χ2n) is 9.37. The molecule has 1 spiro atoms. The zero-order valence-corrected chi connectivity index (χ0v) is 19.7. The molecule has 1 aliphatic carbocycles. The fraction of sp³-hybridized carbons (Fsp3) is 0.360. The van der Waals surface area contributed by atoms with Crippen molar-refractivity contribution in [1.82, 2.24) is 19.4 Å². The van der Waals surface area contributed by atoms with Crippen molar-refractivity contribution in [3.05, 3.63) is 65.9 Å². The Labute approximate surface area is 200 Å². The van der Waals surface area contributed by atoms with Crippen molar-refractivity contribution in [2.45, 2.75) is 42.2 Å². The van der Waals surface area contributed by atoms with Crippen molar-refractivity contribution in [1.29, 1.82) is 0 Å². The summed E-state index contributed by atoms with van der Waals surface area (Å²) in [4.78, 5) is 15.2. The molecule has 1 N–H and O–H groups in total. The summed E-state index contributed by atoms with van der Waals surface area (Å²) in [5, 5.41) is 4.70. The molecule has 2 aliphatic heterocycles. The van der Waals surface area contributed by atoms with Gasteiger partial charge in [0.25, 0.3) is 5.91 Å². The zero-order chi connectivity index (χ0) is 23.5. The Balaban J connectivity index is 0.00000253. The predicted molar refractivity (Wildman–Crippen MR) is 128 cm³/mol. The van der Waals surface area contributed by atoms with Crippen molar-refractivity contribution >= 4 is 15.9 Å². The van der Waals surface area contributed by atoms with E-state index in [1.165, 1.54) is 12.1 Å². The molecule has 2 fully saturated rings. The highest BCUT2D eigenvalue weighted by Gasteiger charge is 2.45. The van der Waals surface area contributed by atoms with Crippen molar-refractivity contribution in [2.24, 2.45) is 7.05 Å². The molecule has 34 heavy (non-hydrogen) atoms. The van der Waals surface area contributed by atoms with Crippen LogP contribution in [0.4, 0.5) is 0 Å². The topological polar surface area (TPSA) is 93.5 Å². The molecular formula is C25H28N4O4S. The normalized spacial score (nSPS) is 18.8. The average Bonchev–Trinajstić information content (AvgIpc) is 3.55. The van der Waals surface area contributed by atoms with E-state index in [1.54, 1.807) is 12.1 Å². The van der Waals surface area contributed by atoms with Gasteiger partial charge >= 0.3 is 0 Å². The molecule has 9 heteroatoms. The van der Waals surface area contributed by atoms with Crippen molar-refractivity contribution in [3.8, 4) is 17.0 Å². The van der Waals surface area contributed by atoms with Crippen molar-refractivity contribution in [3.63, 3.8) is 0 Å². The number of carbonyl (C=O) groups is 1. The van der Waals surface area contributed by atoms with E-state index in [-0.39, 0.29) is 18.3 Å². The summed E-state index contributed by atoms with van der Waals surface area (Å²) in [6, 6.07) is 14.2. The standard InChI is InChI=1S/C25H26N4O4S.H2/c1-28-16-21-23(26-28)20-4-2-3-5-22(20)33-25(21)12-14-29(15-13-25)24(30)17-6-10-19(11-7-17)34(31,32)27-18-8-9-18;/h2-7,10-11,16,18,27H,8-9,12-15H2,1H3;1H. The molecule has 0 unspecified atom stereocenters. The summed E-state index contributed by atoms with van der Waals surface area (Å²) >= 11 is 0. The van der Waals surface area contributed by atoms with Gasteiger partial charge in [-0.05, 0) is 49.2 Å². The lowest BCUT2D eigenvalue weighted by atomic mass is 9.81. The minimum Gasteiger partial charge on any atom is -0.482 e. The minimum absolute atomic E-state index is 0. The van der Waals surface area contributed by atoms with Gasteiger partial charge in [0, 0.05) is 63.3 Å². The molecule has 3 aromatic rings. The third-order valence-electron chi connectivity index (χ3n) is 6.94. The number of aryl methyl sites for hydroxylation is 1. The Kier molecular flexibility index (Phi) is 4.82. The van der Waals surface area contributed by atoms with E-state index < -0.39 is 15.6 Å². The Morgan fingerprint density at radius 3 is 2.53 bits per heavy atom. The van der Waals surface area contributed by atoms with E-state index in [4.69, 9.17) is 9.84 Å². The van der Waals surface area contributed by atoms with E-state index in [9.17, 15) is 13.2 Å². The number of para-hydroxylation sites is 1. The number of hydrogen-bond acceptors (Lipinski definition) is 5. The van der Waals surface area contributed by atoms with Gasteiger partial charge in [-0.2, -0.15) is 5.10 Å². The quantitative estimate of drug-likeness (QED) is 0.619. The molecule has 178 valence electrons. The molecule has 1 amide bonds. The molecule has 8 nitrogen and oxygen atoms in total. The summed E-state index contributed by atoms with van der Waals surface area (Å²) in [6.07, 6.45) is 5.09. The molecule has 0 radical (unpaired) electrons. The molecular weight excluding hydrogens is 452 g/mol. The molecule has 6 rings (SSSR count). The minimum atomic E-state index is -3.53. The van der Waals surface area contributed by atoms with E-state index >= 15 is 0 Å². The summed E-state index contributed by atoms with van der Waals surface area (Å²) in [5.41, 5.74) is 2.98. The van der Waals surface area contributed by atoms with Crippen molar-refractivity contribution in [2.75, 3.05) is 13.1 Å². The van der Waals surface area contributed by atoms with Crippen LogP contribution in [0.3, 0.4) is 0 Å². The van der Waals surface area contributed by atoms with Crippen LogP contribution in [0, 0.1) is 0 Å². The maximum absolute atomic E-state index is 13.2. The van der Waals surface area contributed by atoms with Gasteiger partial charge in [0.2, 0.25) is 10.0 Å². The number of piperidine rings is 1. The SMILES string of the molecule is Cn1cc2c(n1)-c1ccccc1OC21CCN(C(=O)c2ccc(S(=O)(=O)NC3CC3)cc2)CC1.[HH]. The van der Waals surface area contributed by atoms with Crippen LogP contribution in [0.25, 0.3) is 11.3 Å². The van der Waals surface area contributed by atoms with Crippen LogP contribution < -0.4 is 9.46 Å². The fourth-order valence-electron chi connectivity index (χ4n) is 4.93. The third kappa shape index (κ3) is 3.59. The number of rotatable bonds is 4. The molecule has 0 atom stereocenters. The van der Waals surface area contributed by atoms with Gasteiger partial charge in [0.1, 0.15) is 17.0 Å². The Morgan fingerprint density at radius 1 is 1.12 bits per heavy atom. The Morgan fingerprint density at radius 2 is 1.82 bits per heavy atom. The number of fused-ring (bicyclic) bond motifs is 4. The number of nitrogens with one attached hydrogen (secondary N) is 1. The first-order chi connectivity index (χ1) is 16.3. The number of nitrogens with zero attached hydrogens (tertiary/aromatic N) is 3. The van der Waals surface area contributed by atoms with Crippen LogP contribution in [0.2, 0.25) is 0 Å². The largest absolute Gasteiger partial charge is 0.482 e. The maximum Gasteiger partial charge on any atom is 0.253 e. The number of benzene rings is 2. The zero-order valence-electron chi connectivity index (χ0n) is 18.9. The van der Waals surface area contributed by atoms with Crippen molar-refractivity contribution < 1.29 is 19.4 Å². The summed E-state index contributed by atoms with van der Waals surface area (Å²) < 4.78 is 35.8. The van der Waals surface area contributed by atoms with E-state index in [0.29, 0.717) is 31.5 Å². The van der Waals surface area contributed by atoms with Gasteiger partial charge < -0.3 is 9.64 Å². The van der Waals surface area contributed by atoms with E-state index in [2.05, 4.69) is 4.72 Å². The smallest absolute Gasteiger partial charge is 0.253 e. The number of amides is 1. The monoisotopic (exact) mass is 480 g/mol. The Hall–Kier alpha value is -3.17. The maximum atomic E-state index is 13.2. The lowest BCUT2D eigenvalue weighted by Gasteiger charge is -2.44. The van der Waals surface area contributed by atoms with Crippen LogP contribution in [-0.4, -0.2) is 48.1 Å². The number of likely N-dealkylation sites (tertiary alicyclic amines) is 1. The predicted octanol–water partition coefficient (Wildman–Crippen LogP) is 3.30. The molecule has 3 heterocycles. The first-order valence-corrected chi connectivity index (χ1v) is 13.1. The molecule has 2 aromatic carbocycles. The van der Waals surface area contributed by atoms with Gasteiger partial charge in [-0.1, -0.05) is 12.1 Å². The van der Waals surface area contributed by atoms with Gasteiger partial charge in [0.15, 0.2) is 0 Å². The number of aromatic nitrogens is 2. The first kappa shape index (κ1) is 21.4. The summed E-state index contributed by atoms with van der Waals surface area (Å²) in [7, 11) is -1.62. The van der Waals surface area contributed by atoms with Crippen LogP contribution in [-0.2, 0) is 22.7 Å². The molecule has 1 saturated heterocycles. The van der Waals surface area contributed by atoms with Gasteiger partial charge in [-0.25, -0.2) is 13.1 Å². The lowest BCUT2D eigenvalue weighted by Crippen LogP contribution is -2.49. The highest BCUT2D eigenvalue weighted by molar-refractivity contribution is 7.89. The number of carbonyl (C=O) groups excluding carboxylic acids is 1. The summed E-state index contributed by atoms with van der Waals surface area (Å²) in [6.45, 7) is 1.08. The highest BCUT2D eigenvalue weighted by Crippen LogP contribution is 2.48. The van der Waals surface area contributed by atoms with Crippen LogP contribution in [0.5, 0.6) is 5.75 Å². The van der Waals surface area contributed by atoms with E-state index in [0.717, 1.165) is 35.4 Å². The van der Waals surface area contributed by atoms with Gasteiger partial charge in [-0.15, -0.1) is 0 Å². The van der Waals surface area contributed by atoms with Crippen LogP contribution >= 0.6 is 0 Å². The second kappa shape index (κ2) is 7.68. The number of sulfonamides is 1. The van der Waals surface area contributed by atoms with E-state index in [1.807, 2.05) is 47.1 Å². The molecule has 1 aromatic heterocycles. The number of ether oxygens (including phenoxy) is 1. The highest BCUT2D eigenvalue weighted by atomic mass is 32.2. The first-order valence-electron chi connectivity index (χ1n) is 11.6. The molecule has 0 bridgehead atoms. The fourth-order valence-corrected chi connectivity index (χ4v) is 6.23.